The zero-order valence-electron chi connectivity index (χ0n) is 17.0. The van der Waals surface area contributed by atoms with Crippen molar-refractivity contribution < 1.29 is 56.5 Å². The molecule has 1 radical (unpaired) electrons. The van der Waals surface area contributed by atoms with Crippen molar-refractivity contribution in [3.8, 4) is 5.75 Å². The van der Waals surface area contributed by atoms with Crippen molar-refractivity contribution in [1.82, 2.24) is 0 Å². The van der Waals surface area contributed by atoms with Gasteiger partial charge in [-0.1, -0.05) is 0 Å². The summed E-state index contributed by atoms with van der Waals surface area (Å²) in [6, 6.07) is 3.46. The number of rotatable bonds is 5. The first-order valence-electron chi connectivity index (χ1n) is 8.87. The Morgan fingerprint density at radius 2 is 1.82 bits per heavy atom. The molecule has 0 spiro atoms. The maximum atomic E-state index is 12.2. The van der Waals surface area contributed by atoms with Crippen LogP contribution in [0.4, 0.5) is 21.9 Å². The van der Waals surface area contributed by atoms with Crippen molar-refractivity contribution in [3.63, 3.8) is 0 Å². The quantitative estimate of drug-likeness (QED) is 0.648. The summed E-state index contributed by atoms with van der Waals surface area (Å²) in [5, 5.41) is 5.52. The number of morpholine rings is 1. The average molecular weight is 467 g/mol. The second kappa shape index (κ2) is 11.0. The summed E-state index contributed by atoms with van der Waals surface area (Å²) in [5.74, 6) is 0.243. The van der Waals surface area contributed by atoms with E-state index in [0.717, 1.165) is 5.69 Å². The van der Waals surface area contributed by atoms with Crippen LogP contribution in [0.5, 0.6) is 5.75 Å². The van der Waals surface area contributed by atoms with Crippen LogP contribution >= 0.6 is 0 Å². The van der Waals surface area contributed by atoms with Crippen LogP contribution in [0.3, 0.4) is 0 Å². The molecule has 8 nitrogen and oxygen atoms in total. The SMILES string of the molecule is [CH2-]CC(=O)Nc1cc(NC(=O)OC(C)(C)C)c(OC)cc1N1CCOCC1.[Y]. The van der Waals surface area contributed by atoms with Crippen LogP contribution in [-0.4, -0.2) is 51.0 Å². The number of amides is 2. The molecule has 0 aromatic heterocycles. The summed E-state index contributed by atoms with van der Waals surface area (Å²) in [5.41, 5.74) is 1.14. The fraction of sp³-hybridized carbons (Fsp3) is 0.526. The smallest absolute Gasteiger partial charge is 0.412 e. The Labute approximate surface area is 191 Å². The normalized spacial score (nSPS) is 14.0. The zero-order valence-corrected chi connectivity index (χ0v) is 19.8. The number of hydrogen-bond donors (Lipinski definition) is 2. The van der Waals surface area contributed by atoms with Crippen LogP contribution in [-0.2, 0) is 47.0 Å². The number of ether oxygens (including phenoxy) is 3. The molecular weight excluding hydrogens is 439 g/mol. The van der Waals surface area contributed by atoms with Crippen LogP contribution < -0.4 is 20.3 Å². The summed E-state index contributed by atoms with van der Waals surface area (Å²) < 4.78 is 16.1. The number of hydrogen-bond acceptors (Lipinski definition) is 6. The summed E-state index contributed by atoms with van der Waals surface area (Å²) >= 11 is 0. The molecule has 0 unspecified atom stereocenters. The number of nitrogens with zero attached hydrogens (tertiary/aromatic N) is 1. The van der Waals surface area contributed by atoms with Gasteiger partial charge in [0.1, 0.15) is 11.4 Å². The van der Waals surface area contributed by atoms with E-state index in [4.69, 9.17) is 14.2 Å². The summed E-state index contributed by atoms with van der Waals surface area (Å²) in [6.07, 6.45) is -0.502. The molecule has 1 fully saturated rings. The van der Waals surface area contributed by atoms with E-state index in [1.807, 2.05) is 0 Å². The molecule has 2 N–H and O–H groups in total. The van der Waals surface area contributed by atoms with E-state index < -0.39 is 11.7 Å². The van der Waals surface area contributed by atoms with Gasteiger partial charge in [0, 0.05) is 51.9 Å². The Balaban J connectivity index is 0.00000392. The summed E-state index contributed by atoms with van der Waals surface area (Å²) in [4.78, 5) is 26.2. The molecule has 0 atom stereocenters. The fourth-order valence-corrected chi connectivity index (χ4v) is 2.63. The van der Waals surface area contributed by atoms with E-state index in [2.05, 4.69) is 22.5 Å². The van der Waals surface area contributed by atoms with Crippen LogP contribution in [0.2, 0.25) is 0 Å². The van der Waals surface area contributed by atoms with E-state index in [-0.39, 0.29) is 45.0 Å². The van der Waals surface area contributed by atoms with Gasteiger partial charge in [0.05, 0.1) is 37.4 Å². The Morgan fingerprint density at radius 1 is 1.18 bits per heavy atom. The second-order valence-electron chi connectivity index (χ2n) is 7.09. The topological polar surface area (TPSA) is 89.1 Å². The maximum Gasteiger partial charge on any atom is 0.412 e. The van der Waals surface area contributed by atoms with Gasteiger partial charge in [0.15, 0.2) is 5.91 Å². The maximum absolute atomic E-state index is 12.2. The number of nitrogens with one attached hydrogen (secondary N) is 2. The van der Waals surface area contributed by atoms with Crippen molar-refractivity contribution in [3.05, 3.63) is 19.1 Å². The van der Waals surface area contributed by atoms with Crippen molar-refractivity contribution in [1.29, 1.82) is 0 Å². The van der Waals surface area contributed by atoms with Gasteiger partial charge < -0.3 is 31.4 Å². The van der Waals surface area contributed by atoms with Crippen molar-refractivity contribution in [2.75, 3.05) is 48.9 Å². The van der Waals surface area contributed by atoms with E-state index in [1.54, 1.807) is 32.9 Å². The predicted molar refractivity (Wildman–Crippen MR) is 104 cm³/mol. The fourth-order valence-electron chi connectivity index (χ4n) is 2.63. The molecule has 9 heteroatoms. The number of benzene rings is 1. The number of methoxy groups -OCH3 is 1. The standard InChI is InChI=1S/C19H28N3O5.Y/c1-6-17(23)20-13-11-14(21-18(24)27-19(2,3)4)16(25-5)12-15(13)22-7-9-26-10-8-22;/h11-12H,1,6-10H2,2-5H3,(H,20,23)(H,21,24);/q-1;. The summed E-state index contributed by atoms with van der Waals surface area (Å²) in [7, 11) is 1.52. The van der Waals surface area contributed by atoms with Gasteiger partial charge in [-0.25, -0.2) is 4.79 Å². The molecule has 2 amide bonds. The van der Waals surface area contributed by atoms with Gasteiger partial charge in [-0.05, 0) is 26.8 Å². The van der Waals surface area contributed by atoms with Crippen molar-refractivity contribution >= 4 is 29.1 Å². The minimum absolute atomic E-state index is 0. The molecule has 1 aliphatic rings. The van der Waals surface area contributed by atoms with Gasteiger partial charge in [0.25, 0.3) is 0 Å². The molecule has 28 heavy (non-hydrogen) atoms. The van der Waals surface area contributed by atoms with Crippen LogP contribution in [0.1, 0.15) is 27.2 Å². The third-order valence-corrected chi connectivity index (χ3v) is 3.81. The van der Waals surface area contributed by atoms with E-state index in [1.165, 1.54) is 7.11 Å². The van der Waals surface area contributed by atoms with Crippen LogP contribution in [0.15, 0.2) is 12.1 Å². The second-order valence-corrected chi connectivity index (χ2v) is 7.09. The number of carbonyl (C=O) groups excluding carboxylic acids is 2. The van der Waals surface area contributed by atoms with Crippen LogP contribution in [0.25, 0.3) is 0 Å². The third-order valence-electron chi connectivity index (χ3n) is 3.81. The minimum atomic E-state index is -0.629. The molecule has 153 valence electrons. The molecular formula is C19H28N3O5Y-. The van der Waals surface area contributed by atoms with Gasteiger partial charge >= 0.3 is 6.09 Å². The number of carbonyl (C=O) groups is 2. The van der Waals surface area contributed by atoms with Crippen molar-refractivity contribution in [2.45, 2.75) is 32.8 Å². The molecule has 1 aliphatic heterocycles. The van der Waals surface area contributed by atoms with E-state index in [9.17, 15) is 9.59 Å². The molecule has 1 heterocycles. The Bertz CT molecular complexity index is 685. The molecule has 2 rings (SSSR count). The molecule has 1 aromatic rings. The first-order valence-corrected chi connectivity index (χ1v) is 8.87. The van der Waals surface area contributed by atoms with E-state index in [0.29, 0.717) is 43.4 Å². The largest absolute Gasteiger partial charge is 0.494 e. The third kappa shape index (κ3) is 7.22. The first kappa shape index (κ1) is 24.7. The Kier molecular flexibility index (Phi) is 9.67. The molecule has 0 saturated carbocycles. The molecule has 0 aliphatic carbocycles. The zero-order chi connectivity index (χ0) is 20.0. The molecule has 1 aromatic carbocycles. The summed E-state index contributed by atoms with van der Waals surface area (Å²) in [6.45, 7) is 11.5. The monoisotopic (exact) mass is 467 g/mol. The first-order chi connectivity index (χ1) is 12.7. The minimum Gasteiger partial charge on any atom is -0.494 e. The van der Waals surface area contributed by atoms with Gasteiger partial charge in [-0.2, -0.15) is 0 Å². The number of anilines is 3. The molecule has 0 bridgehead atoms. The Hall–Kier alpha value is -1.38. The van der Waals surface area contributed by atoms with Gasteiger partial charge in [0.2, 0.25) is 0 Å². The average Bonchev–Trinajstić information content (AvgIpc) is 2.61. The Morgan fingerprint density at radius 3 is 2.36 bits per heavy atom. The van der Waals surface area contributed by atoms with Crippen molar-refractivity contribution in [2.24, 2.45) is 0 Å². The van der Waals surface area contributed by atoms with Gasteiger partial charge in [-0.15, -0.1) is 6.42 Å². The van der Waals surface area contributed by atoms with Gasteiger partial charge in [-0.3, -0.25) is 10.1 Å². The molecule has 1 saturated heterocycles. The van der Waals surface area contributed by atoms with E-state index >= 15 is 0 Å². The predicted octanol–water partition coefficient (Wildman–Crippen LogP) is 3.04. The van der Waals surface area contributed by atoms with Crippen LogP contribution in [0, 0.1) is 6.92 Å².